The third kappa shape index (κ3) is 2.20. The monoisotopic (exact) mass is 185 g/mol. The van der Waals surface area contributed by atoms with Gasteiger partial charge in [0.25, 0.3) is 0 Å². The first kappa shape index (κ1) is 8.99. The highest BCUT2D eigenvalue weighted by molar-refractivity contribution is 7.99. The standard InChI is InChI=1S/C7H8FN3S/c1-2-3-12-6-5(8)4-10-7(9)11-6/h2,4H,1,3H2,(H2,9,10,11). The van der Waals surface area contributed by atoms with E-state index in [9.17, 15) is 4.39 Å². The van der Waals surface area contributed by atoms with E-state index < -0.39 is 5.82 Å². The fourth-order valence-corrected chi connectivity index (χ4v) is 1.23. The second-order valence-electron chi connectivity index (χ2n) is 1.98. The predicted octanol–water partition coefficient (Wildman–Crippen LogP) is 1.48. The fraction of sp³-hybridized carbons (Fsp3) is 0.143. The van der Waals surface area contributed by atoms with Gasteiger partial charge >= 0.3 is 0 Å². The van der Waals surface area contributed by atoms with Gasteiger partial charge in [-0.15, -0.1) is 6.58 Å². The number of anilines is 1. The summed E-state index contributed by atoms with van der Waals surface area (Å²) in [6, 6.07) is 0. The summed E-state index contributed by atoms with van der Waals surface area (Å²) in [5.41, 5.74) is 5.27. The molecule has 64 valence electrons. The molecule has 3 nitrogen and oxygen atoms in total. The summed E-state index contributed by atoms with van der Waals surface area (Å²) in [5, 5.41) is 0.266. The van der Waals surface area contributed by atoms with E-state index in [-0.39, 0.29) is 11.0 Å². The van der Waals surface area contributed by atoms with E-state index in [0.29, 0.717) is 5.75 Å². The zero-order valence-electron chi connectivity index (χ0n) is 6.33. The van der Waals surface area contributed by atoms with Crippen LogP contribution in [0.25, 0.3) is 0 Å². The molecule has 0 aromatic carbocycles. The first-order valence-corrected chi connectivity index (χ1v) is 4.24. The lowest BCUT2D eigenvalue weighted by molar-refractivity contribution is 0.580. The van der Waals surface area contributed by atoms with E-state index in [1.807, 2.05) is 0 Å². The molecule has 0 aliphatic heterocycles. The quantitative estimate of drug-likeness (QED) is 0.440. The molecule has 0 atom stereocenters. The molecule has 0 aliphatic rings. The zero-order chi connectivity index (χ0) is 8.97. The molecule has 5 heteroatoms. The molecule has 12 heavy (non-hydrogen) atoms. The molecular weight excluding hydrogens is 177 g/mol. The van der Waals surface area contributed by atoms with Crippen molar-refractivity contribution < 1.29 is 4.39 Å². The maximum atomic E-state index is 12.9. The van der Waals surface area contributed by atoms with Gasteiger partial charge in [0.05, 0.1) is 6.20 Å². The lowest BCUT2D eigenvalue weighted by Gasteiger charge is -1.99. The third-order valence-electron chi connectivity index (χ3n) is 1.07. The number of nitrogens with two attached hydrogens (primary N) is 1. The van der Waals surface area contributed by atoms with Crippen molar-refractivity contribution in [1.29, 1.82) is 0 Å². The number of hydrogen-bond donors (Lipinski definition) is 1. The molecule has 0 amide bonds. The molecule has 1 aromatic heterocycles. The Morgan fingerprint density at radius 1 is 1.75 bits per heavy atom. The minimum absolute atomic E-state index is 0.0861. The van der Waals surface area contributed by atoms with Crippen LogP contribution in [0, 0.1) is 5.82 Å². The van der Waals surface area contributed by atoms with Crippen LogP contribution in [0.15, 0.2) is 23.9 Å². The van der Waals surface area contributed by atoms with Crippen LogP contribution in [-0.4, -0.2) is 15.7 Å². The molecule has 2 N–H and O–H groups in total. The van der Waals surface area contributed by atoms with Gasteiger partial charge in [-0.05, 0) is 0 Å². The van der Waals surface area contributed by atoms with Crippen molar-refractivity contribution >= 4 is 17.7 Å². The maximum Gasteiger partial charge on any atom is 0.221 e. The minimum atomic E-state index is -0.448. The molecule has 1 aromatic rings. The summed E-state index contributed by atoms with van der Waals surface area (Å²) < 4.78 is 12.9. The lowest BCUT2D eigenvalue weighted by Crippen LogP contribution is -1.97. The zero-order valence-corrected chi connectivity index (χ0v) is 7.14. The number of halogens is 1. The van der Waals surface area contributed by atoms with Crippen LogP contribution < -0.4 is 5.73 Å². The van der Waals surface area contributed by atoms with Crippen molar-refractivity contribution in [2.24, 2.45) is 0 Å². The Balaban J connectivity index is 2.82. The Morgan fingerprint density at radius 3 is 3.17 bits per heavy atom. The Kier molecular flexibility index (Phi) is 3.04. The van der Waals surface area contributed by atoms with Crippen molar-refractivity contribution in [3.05, 3.63) is 24.7 Å². The highest BCUT2D eigenvalue weighted by Gasteiger charge is 2.04. The molecule has 0 unspecified atom stereocenters. The van der Waals surface area contributed by atoms with Crippen LogP contribution in [0.4, 0.5) is 10.3 Å². The van der Waals surface area contributed by atoms with Crippen molar-refractivity contribution in [3.8, 4) is 0 Å². The van der Waals surface area contributed by atoms with Gasteiger partial charge < -0.3 is 5.73 Å². The smallest absolute Gasteiger partial charge is 0.221 e. The molecule has 0 saturated carbocycles. The van der Waals surface area contributed by atoms with Crippen LogP contribution in [-0.2, 0) is 0 Å². The van der Waals surface area contributed by atoms with E-state index in [2.05, 4.69) is 16.5 Å². The number of thioether (sulfide) groups is 1. The largest absolute Gasteiger partial charge is 0.368 e. The van der Waals surface area contributed by atoms with Crippen LogP contribution >= 0.6 is 11.8 Å². The van der Waals surface area contributed by atoms with E-state index >= 15 is 0 Å². The van der Waals surface area contributed by atoms with Gasteiger partial charge in [-0.3, -0.25) is 0 Å². The normalized spacial score (nSPS) is 9.75. The first-order valence-electron chi connectivity index (χ1n) is 3.25. The molecule has 1 heterocycles. The SMILES string of the molecule is C=CCSc1nc(N)ncc1F. The summed E-state index contributed by atoms with van der Waals surface area (Å²) in [4.78, 5) is 7.22. The summed E-state index contributed by atoms with van der Waals surface area (Å²) in [6.07, 6.45) is 2.73. The average Bonchev–Trinajstić information content (AvgIpc) is 2.07. The molecule has 0 radical (unpaired) electrons. The number of nitrogen functional groups attached to an aromatic ring is 1. The average molecular weight is 185 g/mol. The van der Waals surface area contributed by atoms with E-state index in [1.54, 1.807) is 6.08 Å². The molecule has 0 aliphatic carbocycles. The lowest BCUT2D eigenvalue weighted by atomic mass is 10.6. The Bertz CT molecular complexity index is 290. The fourth-order valence-electron chi connectivity index (χ4n) is 0.603. The molecule has 0 bridgehead atoms. The highest BCUT2D eigenvalue weighted by atomic mass is 32.2. The van der Waals surface area contributed by atoms with Gasteiger partial charge in [-0.2, -0.15) is 0 Å². The van der Waals surface area contributed by atoms with E-state index in [0.717, 1.165) is 6.20 Å². The summed E-state index contributed by atoms with van der Waals surface area (Å²) >= 11 is 1.24. The third-order valence-corrected chi connectivity index (χ3v) is 2.03. The molecule has 0 spiro atoms. The van der Waals surface area contributed by atoms with Gasteiger partial charge in [-0.25, -0.2) is 14.4 Å². The molecule has 0 fully saturated rings. The van der Waals surface area contributed by atoms with Crippen LogP contribution in [0.5, 0.6) is 0 Å². The van der Waals surface area contributed by atoms with Gasteiger partial charge in [0, 0.05) is 5.75 Å². The number of rotatable bonds is 3. The predicted molar refractivity (Wildman–Crippen MR) is 47.3 cm³/mol. The number of hydrogen-bond acceptors (Lipinski definition) is 4. The Hall–Kier alpha value is -1.10. The first-order chi connectivity index (χ1) is 5.74. The van der Waals surface area contributed by atoms with Crippen molar-refractivity contribution in [3.63, 3.8) is 0 Å². The van der Waals surface area contributed by atoms with E-state index in [4.69, 9.17) is 5.73 Å². The van der Waals surface area contributed by atoms with Gasteiger partial charge in [0.2, 0.25) is 5.95 Å². The van der Waals surface area contributed by atoms with E-state index in [1.165, 1.54) is 11.8 Å². The highest BCUT2D eigenvalue weighted by Crippen LogP contribution is 2.18. The molecule has 0 saturated heterocycles. The van der Waals surface area contributed by atoms with Crippen molar-refractivity contribution in [2.75, 3.05) is 11.5 Å². The second-order valence-corrected chi connectivity index (χ2v) is 2.99. The minimum Gasteiger partial charge on any atom is -0.368 e. The Labute approximate surface area is 73.9 Å². The number of aromatic nitrogens is 2. The molecule has 1 rings (SSSR count). The van der Waals surface area contributed by atoms with Crippen LogP contribution in [0.1, 0.15) is 0 Å². The van der Waals surface area contributed by atoms with Gasteiger partial charge in [0.1, 0.15) is 5.03 Å². The van der Waals surface area contributed by atoms with Crippen LogP contribution in [0.3, 0.4) is 0 Å². The number of nitrogens with zero attached hydrogens (tertiary/aromatic N) is 2. The molecular formula is C7H8FN3S. The van der Waals surface area contributed by atoms with Crippen molar-refractivity contribution in [1.82, 2.24) is 9.97 Å². The summed E-state index contributed by atoms with van der Waals surface area (Å²) in [7, 11) is 0. The van der Waals surface area contributed by atoms with Gasteiger partial charge in [0.15, 0.2) is 5.82 Å². The maximum absolute atomic E-state index is 12.9. The summed E-state index contributed by atoms with van der Waals surface area (Å²) in [5.74, 6) is 0.243. The Morgan fingerprint density at radius 2 is 2.50 bits per heavy atom. The van der Waals surface area contributed by atoms with Crippen molar-refractivity contribution in [2.45, 2.75) is 5.03 Å². The second kappa shape index (κ2) is 4.06. The topological polar surface area (TPSA) is 51.8 Å². The van der Waals surface area contributed by atoms with Gasteiger partial charge in [-0.1, -0.05) is 17.8 Å². The summed E-state index contributed by atoms with van der Waals surface area (Å²) in [6.45, 7) is 3.51. The van der Waals surface area contributed by atoms with Crippen LogP contribution in [0.2, 0.25) is 0 Å².